The Bertz CT molecular complexity index is 2240. The van der Waals surface area contributed by atoms with Gasteiger partial charge in [-0.15, -0.1) is 0 Å². The Balaban J connectivity index is 0.883. The van der Waals surface area contributed by atoms with E-state index in [1.54, 1.807) is 18.2 Å². The van der Waals surface area contributed by atoms with Crippen molar-refractivity contribution in [2.24, 2.45) is 0 Å². The molecule has 55 heavy (non-hydrogen) atoms. The number of hydrogen-bond acceptors (Lipinski definition) is 10. The van der Waals surface area contributed by atoms with Gasteiger partial charge >= 0.3 is 0 Å². The topological polar surface area (TPSA) is 142 Å². The summed E-state index contributed by atoms with van der Waals surface area (Å²) in [7, 11) is 1.54. The van der Waals surface area contributed by atoms with Gasteiger partial charge in [0.25, 0.3) is 11.8 Å². The predicted molar refractivity (Wildman–Crippen MR) is 216 cm³/mol. The summed E-state index contributed by atoms with van der Waals surface area (Å²) in [5, 5.41) is 9.45. The number of halogens is 4. The van der Waals surface area contributed by atoms with Gasteiger partial charge in [-0.25, -0.2) is 14.4 Å². The summed E-state index contributed by atoms with van der Waals surface area (Å²) in [6.45, 7) is 3.52. The van der Waals surface area contributed by atoms with Gasteiger partial charge in [0.15, 0.2) is 18.1 Å². The number of nitrogens with zero attached hydrogens (tertiary/aromatic N) is 2. The number of carbonyl (C=O) groups excluding carboxylic acids is 2. The molecule has 286 valence electrons. The van der Waals surface area contributed by atoms with Crippen molar-refractivity contribution in [3.05, 3.63) is 103 Å². The smallest absolute Gasteiger partial charge is 0.258 e. The second-order valence-corrected chi connectivity index (χ2v) is 14.2. The second-order valence-electron chi connectivity index (χ2n) is 12.1. The maximum Gasteiger partial charge on any atom is 0.258 e. The first-order valence-corrected chi connectivity index (χ1v) is 18.9. The third kappa shape index (κ3) is 10.3. The number of amides is 2. The van der Waals surface area contributed by atoms with E-state index in [0.29, 0.717) is 73.9 Å². The van der Waals surface area contributed by atoms with Crippen molar-refractivity contribution < 1.29 is 37.7 Å². The minimum absolute atomic E-state index is 0.0105. The molecule has 4 aromatic carbocycles. The van der Waals surface area contributed by atoms with Gasteiger partial charge in [-0.3, -0.25) is 9.59 Å². The van der Waals surface area contributed by atoms with Crippen LogP contribution in [0.3, 0.4) is 0 Å². The maximum absolute atomic E-state index is 13.6. The Morgan fingerprint density at radius 2 is 1.69 bits per heavy atom. The summed E-state index contributed by atoms with van der Waals surface area (Å²) in [4.78, 5) is 33.7. The zero-order valence-corrected chi connectivity index (χ0v) is 33.6. The molecule has 0 atom stereocenters. The van der Waals surface area contributed by atoms with Crippen molar-refractivity contribution >= 4 is 95.0 Å². The number of methoxy groups -OCH3 is 1. The molecular formula is C39H35Br2ClFN5O7. The molecule has 3 N–H and O–H groups in total. The van der Waals surface area contributed by atoms with E-state index < -0.39 is 5.82 Å². The van der Waals surface area contributed by atoms with Crippen molar-refractivity contribution in [2.75, 3.05) is 63.9 Å². The average Bonchev–Trinajstić information content (AvgIpc) is 3.46. The molecule has 0 saturated carbocycles. The van der Waals surface area contributed by atoms with Crippen LogP contribution in [0, 0.1) is 12.7 Å². The fraction of sp³-hybridized carbons (Fsp3) is 0.231. The molecule has 0 saturated heterocycles. The van der Waals surface area contributed by atoms with Crippen molar-refractivity contribution in [3.63, 3.8) is 0 Å². The van der Waals surface area contributed by atoms with Crippen LogP contribution >= 0.6 is 43.5 Å². The molecule has 1 aliphatic rings. The molecule has 0 radical (unpaired) electrons. The SMILES string of the molecule is COc1cc2ncnc(Nc3ccc(F)c(Cl)c3)c2cc1OCCOCCOCCNC(=O)COc1c(Br)cc(/C=C2\C(=O)Nc3ccc(C)cc32)cc1Br. The van der Waals surface area contributed by atoms with Crippen LogP contribution in [-0.2, 0) is 19.1 Å². The summed E-state index contributed by atoms with van der Waals surface area (Å²) in [5.41, 5.74) is 5.23. The molecule has 12 nitrogen and oxygen atoms in total. The quantitative estimate of drug-likeness (QED) is 0.0619. The van der Waals surface area contributed by atoms with E-state index in [4.69, 9.17) is 35.3 Å². The lowest BCUT2D eigenvalue weighted by Crippen LogP contribution is -2.32. The number of carbonyl (C=O) groups is 2. The average molecular weight is 900 g/mol. The van der Waals surface area contributed by atoms with Crippen LogP contribution in [0.15, 0.2) is 75.9 Å². The van der Waals surface area contributed by atoms with Gasteiger partial charge in [0.1, 0.15) is 30.3 Å². The largest absolute Gasteiger partial charge is 0.493 e. The van der Waals surface area contributed by atoms with Crippen LogP contribution in [-0.4, -0.2) is 75.1 Å². The van der Waals surface area contributed by atoms with E-state index in [-0.39, 0.29) is 43.3 Å². The number of anilines is 3. The molecule has 1 aromatic heterocycles. The number of ether oxygens (including phenoxy) is 5. The molecule has 16 heteroatoms. The summed E-state index contributed by atoms with van der Waals surface area (Å²) < 4.78 is 43.3. The Morgan fingerprint density at radius 1 is 0.927 bits per heavy atom. The van der Waals surface area contributed by atoms with E-state index in [0.717, 1.165) is 22.4 Å². The lowest BCUT2D eigenvalue weighted by Gasteiger charge is -2.14. The summed E-state index contributed by atoms with van der Waals surface area (Å²) in [6.07, 6.45) is 3.23. The number of aromatic nitrogens is 2. The van der Waals surface area contributed by atoms with Crippen LogP contribution in [0.25, 0.3) is 22.6 Å². The second kappa shape index (κ2) is 18.7. The minimum atomic E-state index is -0.517. The van der Waals surface area contributed by atoms with Gasteiger partial charge in [-0.05, 0) is 99.0 Å². The summed E-state index contributed by atoms with van der Waals surface area (Å²) in [6, 6.07) is 17.3. The fourth-order valence-electron chi connectivity index (χ4n) is 5.54. The molecule has 0 unspecified atom stereocenters. The number of nitrogens with one attached hydrogen (secondary N) is 3. The number of benzene rings is 4. The first-order chi connectivity index (χ1) is 26.6. The van der Waals surface area contributed by atoms with E-state index in [9.17, 15) is 14.0 Å². The zero-order valence-electron chi connectivity index (χ0n) is 29.6. The van der Waals surface area contributed by atoms with E-state index in [1.807, 2.05) is 43.3 Å². The van der Waals surface area contributed by atoms with Crippen molar-refractivity contribution in [3.8, 4) is 17.2 Å². The first-order valence-electron chi connectivity index (χ1n) is 17.0. The van der Waals surface area contributed by atoms with Gasteiger partial charge in [-0.2, -0.15) is 0 Å². The third-order valence-corrected chi connectivity index (χ3v) is 9.63. The van der Waals surface area contributed by atoms with Gasteiger partial charge in [0.2, 0.25) is 0 Å². The normalized spacial score (nSPS) is 12.8. The monoisotopic (exact) mass is 897 g/mol. The van der Waals surface area contributed by atoms with Gasteiger partial charge in [0, 0.05) is 40.5 Å². The van der Waals surface area contributed by atoms with Crippen LogP contribution in [0.5, 0.6) is 17.2 Å². The highest BCUT2D eigenvalue weighted by Crippen LogP contribution is 2.39. The van der Waals surface area contributed by atoms with Crippen molar-refractivity contribution in [2.45, 2.75) is 6.92 Å². The molecule has 0 aliphatic carbocycles. The van der Waals surface area contributed by atoms with Gasteiger partial charge < -0.3 is 39.6 Å². The zero-order chi connectivity index (χ0) is 38.9. The minimum Gasteiger partial charge on any atom is -0.493 e. The Labute approximate surface area is 338 Å². The molecule has 2 heterocycles. The number of rotatable bonds is 17. The fourth-order valence-corrected chi connectivity index (χ4v) is 7.17. The standard InChI is InChI=1S/C39H35Br2ClFN5O7/c1-22-3-6-32-25(13-22)26(39(50)48-32)14-23-15-28(40)37(29(41)16-23)55-20-36(49)44-7-8-52-9-10-53-11-12-54-35-18-27-33(19-34(35)51-2)45-21-46-38(27)47-24-4-5-31(43)30(42)17-24/h3-6,13-19,21H,7-12,20H2,1-2H3,(H,44,49)(H,48,50)(H,45,46,47)/b26-14-. The Kier molecular flexibility index (Phi) is 13.6. The summed E-state index contributed by atoms with van der Waals surface area (Å²) >= 11 is 13.0. The predicted octanol–water partition coefficient (Wildman–Crippen LogP) is 8.11. The molecule has 5 aromatic rings. The van der Waals surface area contributed by atoms with Crippen LogP contribution in [0.1, 0.15) is 16.7 Å². The Morgan fingerprint density at radius 3 is 2.45 bits per heavy atom. The molecule has 2 amide bonds. The lowest BCUT2D eigenvalue weighted by atomic mass is 10.0. The van der Waals surface area contributed by atoms with Gasteiger partial charge in [-0.1, -0.05) is 23.2 Å². The molecule has 6 rings (SSSR count). The number of aryl methyl sites for hydroxylation is 1. The Hall–Kier alpha value is -4.80. The summed E-state index contributed by atoms with van der Waals surface area (Å²) in [5.74, 6) is 0.911. The van der Waals surface area contributed by atoms with E-state index in [2.05, 4.69) is 57.8 Å². The number of hydrogen-bond donors (Lipinski definition) is 3. The van der Waals surface area contributed by atoms with Crippen LogP contribution < -0.4 is 30.2 Å². The highest BCUT2D eigenvalue weighted by Gasteiger charge is 2.24. The van der Waals surface area contributed by atoms with Crippen LogP contribution in [0.2, 0.25) is 5.02 Å². The van der Waals surface area contributed by atoms with Crippen molar-refractivity contribution in [1.82, 2.24) is 15.3 Å². The third-order valence-electron chi connectivity index (χ3n) is 8.17. The maximum atomic E-state index is 13.6. The van der Waals surface area contributed by atoms with Crippen molar-refractivity contribution in [1.29, 1.82) is 0 Å². The number of fused-ring (bicyclic) bond motifs is 2. The van der Waals surface area contributed by atoms with Gasteiger partial charge in [0.05, 0.1) is 53.0 Å². The van der Waals surface area contributed by atoms with E-state index in [1.165, 1.54) is 25.6 Å². The van der Waals surface area contributed by atoms with E-state index >= 15 is 0 Å². The molecule has 0 bridgehead atoms. The molecule has 0 fully saturated rings. The molecule has 1 aliphatic heterocycles. The highest BCUT2D eigenvalue weighted by molar-refractivity contribution is 9.11. The highest BCUT2D eigenvalue weighted by atomic mass is 79.9. The van der Waals surface area contributed by atoms with Crippen LogP contribution in [0.4, 0.5) is 21.6 Å². The first kappa shape index (κ1) is 39.9. The lowest BCUT2D eigenvalue weighted by molar-refractivity contribution is -0.123. The molecule has 0 spiro atoms. The molecular weight excluding hydrogens is 865 g/mol.